The largest absolute Gasteiger partial charge is 0.147 e. The van der Waals surface area contributed by atoms with Crippen LogP contribution >= 0.6 is 24.8 Å². The van der Waals surface area contributed by atoms with Crippen molar-refractivity contribution in [2.24, 2.45) is 0 Å². The minimum absolute atomic E-state index is 0. The van der Waals surface area contributed by atoms with Gasteiger partial charge in [0.2, 0.25) is 0 Å². The third-order valence-corrected chi connectivity index (χ3v) is 5.50. The molecular formula is C29H41Cl2NO2Ti. The smallest absolute Gasteiger partial charge is 0.147 e. The van der Waals surface area contributed by atoms with Crippen LogP contribution in [-0.4, -0.2) is 19.5 Å². The van der Waals surface area contributed by atoms with Crippen molar-refractivity contribution in [3.63, 3.8) is 0 Å². The average Bonchev–Trinajstić information content (AvgIpc) is 2.71. The van der Waals surface area contributed by atoms with E-state index in [0.29, 0.717) is 11.5 Å². The predicted octanol–water partition coefficient (Wildman–Crippen LogP) is 7.93. The van der Waals surface area contributed by atoms with Gasteiger partial charge in [-0.1, -0.05) is 76.9 Å². The van der Waals surface area contributed by atoms with Gasteiger partial charge in [-0.15, -0.1) is 24.8 Å². The molecule has 1 aromatic heterocycles. The van der Waals surface area contributed by atoms with Crippen LogP contribution in [0.3, 0.4) is 0 Å². The Hall–Kier alpha value is -1.65. The minimum Gasteiger partial charge on any atom is -0.147 e. The fraction of sp³-hybridized carbons (Fsp3) is 0.379. The molecular weight excluding hydrogens is 513 g/mol. The van der Waals surface area contributed by atoms with E-state index in [1.165, 1.54) is 22.3 Å². The molecule has 0 atom stereocenters. The van der Waals surface area contributed by atoms with Gasteiger partial charge in [0.05, 0.1) is 0 Å². The van der Waals surface area contributed by atoms with E-state index in [-0.39, 0.29) is 35.6 Å². The molecule has 3 nitrogen and oxygen atoms in total. The Morgan fingerprint density at radius 1 is 0.657 bits per heavy atom. The minimum atomic E-state index is 0. The molecule has 0 saturated carbocycles. The quantitative estimate of drug-likeness (QED) is 0.301. The molecule has 0 aliphatic rings. The third-order valence-electron chi connectivity index (χ3n) is 4.98. The summed E-state index contributed by atoms with van der Waals surface area (Å²) >= 11 is 2.01. The van der Waals surface area contributed by atoms with Crippen LogP contribution in [-0.2, 0) is 30.8 Å². The summed E-state index contributed by atoms with van der Waals surface area (Å²) < 4.78 is 2.04. The van der Waals surface area contributed by atoms with Gasteiger partial charge >= 0.3 is 65.8 Å². The zero-order chi connectivity index (χ0) is 25.4. The van der Waals surface area contributed by atoms with E-state index in [1.54, 1.807) is 12.1 Å². The van der Waals surface area contributed by atoms with E-state index in [9.17, 15) is 10.2 Å². The molecule has 0 aliphatic carbocycles. The fourth-order valence-corrected chi connectivity index (χ4v) is 3.40. The molecule has 0 saturated heterocycles. The van der Waals surface area contributed by atoms with Gasteiger partial charge in [-0.2, -0.15) is 0 Å². The van der Waals surface area contributed by atoms with Gasteiger partial charge in [0.1, 0.15) is 11.5 Å². The molecule has 0 spiro atoms. The molecule has 0 aliphatic heterocycles. The molecule has 0 amide bonds. The second-order valence-electron chi connectivity index (χ2n) is 10.5. The van der Waals surface area contributed by atoms with E-state index in [0.717, 1.165) is 11.1 Å². The molecule has 2 N–H and O–H groups in total. The van der Waals surface area contributed by atoms with Crippen LogP contribution in [0, 0.1) is 20.8 Å². The summed E-state index contributed by atoms with van der Waals surface area (Å²) in [5.74, 6) is 0.793. The fourth-order valence-electron chi connectivity index (χ4n) is 3.16. The van der Waals surface area contributed by atoms with E-state index >= 15 is 0 Å². The van der Waals surface area contributed by atoms with Gasteiger partial charge in [-0.3, -0.25) is 0 Å². The Balaban J connectivity index is 0. The first-order valence-electron chi connectivity index (χ1n) is 11.2. The number of benzene rings is 2. The van der Waals surface area contributed by atoms with Gasteiger partial charge in [-0.25, -0.2) is 0 Å². The number of phenols is 2. The summed E-state index contributed by atoms with van der Waals surface area (Å²) in [6.45, 7) is 18.7. The van der Waals surface area contributed by atoms with Gasteiger partial charge < -0.3 is 10.2 Å². The third kappa shape index (κ3) is 12.7. The van der Waals surface area contributed by atoms with Crippen molar-refractivity contribution in [1.29, 1.82) is 0 Å². The van der Waals surface area contributed by atoms with Crippen LogP contribution in [0.1, 0.15) is 74.9 Å². The van der Waals surface area contributed by atoms with Crippen molar-refractivity contribution >= 4 is 29.1 Å². The molecule has 6 heteroatoms. The first-order valence-corrected chi connectivity index (χ1v) is 12.1. The first kappa shape index (κ1) is 35.5. The van der Waals surface area contributed by atoms with Gasteiger partial charge in [-0.05, 0) is 47.9 Å². The van der Waals surface area contributed by atoms with E-state index < -0.39 is 0 Å². The van der Waals surface area contributed by atoms with Crippen LogP contribution in [0.15, 0.2) is 54.9 Å². The number of pyridine rings is 1. The molecule has 2 aromatic carbocycles. The van der Waals surface area contributed by atoms with E-state index in [2.05, 4.69) is 52.6 Å². The van der Waals surface area contributed by atoms with Crippen LogP contribution < -0.4 is 0 Å². The average molecular weight is 554 g/mol. The number of rotatable bonds is 1. The summed E-state index contributed by atoms with van der Waals surface area (Å²) in [6, 6.07) is 13.5. The zero-order valence-electron chi connectivity index (χ0n) is 22.4. The molecule has 3 rings (SSSR count). The monoisotopic (exact) mass is 553 g/mol. The van der Waals surface area contributed by atoms with Crippen molar-refractivity contribution in [3.05, 3.63) is 88.2 Å². The Bertz CT molecular complexity index is 1010. The second kappa shape index (κ2) is 15.5. The molecule has 192 valence electrons. The molecule has 0 radical (unpaired) electrons. The number of hydrogen-bond acceptors (Lipinski definition) is 3. The van der Waals surface area contributed by atoms with Crippen molar-refractivity contribution in [2.75, 3.05) is 0 Å². The number of hydrogen-bond donors (Lipinski definition) is 2. The summed E-state index contributed by atoms with van der Waals surface area (Å²) in [7, 11) is 0. The predicted molar refractivity (Wildman–Crippen MR) is 152 cm³/mol. The van der Waals surface area contributed by atoms with Crippen molar-refractivity contribution in [1.82, 2.24) is 4.98 Å². The molecule has 0 bridgehead atoms. The summed E-state index contributed by atoms with van der Waals surface area (Å²) in [5, 5.41) is 19.1. The van der Waals surface area contributed by atoms with Crippen LogP contribution in [0.2, 0.25) is 0 Å². The summed E-state index contributed by atoms with van der Waals surface area (Å²) in [4.78, 5) is 4.02. The zero-order valence-corrected chi connectivity index (χ0v) is 25.6. The number of nitrogens with zero attached hydrogens (tertiary/aromatic N) is 1. The number of aromatic hydroxyl groups is 2. The van der Waals surface area contributed by atoms with E-state index in [1.807, 2.05) is 81.7 Å². The molecule has 1 heterocycles. The summed E-state index contributed by atoms with van der Waals surface area (Å²) in [5.41, 5.74) is 6.87. The van der Waals surface area contributed by atoms with E-state index in [4.69, 9.17) is 0 Å². The SMILES string of the molecule is Cc1ccc(O)c(C(C)(C)C)c1.Cc1ccc(O)c(C(C)(C)C)c1.Cc1cncc([CH]=[Ti])c1.Cl.Cl. The maximum atomic E-state index is 9.57. The van der Waals surface area contributed by atoms with Gasteiger partial charge in [0.25, 0.3) is 0 Å². The van der Waals surface area contributed by atoms with Crippen LogP contribution in [0.5, 0.6) is 11.5 Å². The molecule has 0 fully saturated rings. The van der Waals surface area contributed by atoms with Crippen molar-refractivity contribution < 1.29 is 30.2 Å². The number of aryl methyl sites for hydroxylation is 3. The topological polar surface area (TPSA) is 53.4 Å². The number of halogens is 2. The normalized spacial score (nSPS) is 10.3. The standard InChI is InChI=1S/2C11H16O.C7H7N.2ClH.Ti/c2*1-8-5-6-10(12)9(7-8)11(2,3)4;1-6-3-7(2)5-8-4-6;;;/h2*5-7,12H,1-4H3;1,3-5H,2H3;2*1H;. The Labute approximate surface area is 236 Å². The van der Waals surface area contributed by atoms with Crippen molar-refractivity contribution in [3.8, 4) is 11.5 Å². The number of aromatic nitrogens is 1. The Morgan fingerprint density at radius 3 is 1.31 bits per heavy atom. The van der Waals surface area contributed by atoms with Gasteiger partial charge in [0, 0.05) is 0 Å². The molecule has 35 heavy (non-hydrogen) atoms. The Kier molecular flexibility index (Phi) is 15.7. The second-order valence-corrected chi connectivity index (χ2v) is 10.9. The first-order chi connectivity index (χ1) is 15.1. The summed E-state index contributed by atoms with van der Waals surface area (Å²) in [6.07, 6.45) is 3.71. The van der Waals surface area contributed by atoms with Crippen LogP contribution in [0.4, 0.5) is 0 Å². The van der Waals surface area contributed by atoms with Gasteiger partial charge in [0.15, 0.2) is 0 Å². The van der Waals surface area contributed by atoms with Crippen LogP contribution in [0.25, 0.3) is 0 Å². The number of phenolic OH excluding ortho intramolecular Hbond substituents is 2. The van der Waals surface area contributed by atoms with Crippen molar-refractivity contribution in [2.45, 2.75) is 73.1 Å². The molecule has 0 unspecified atom stereocenters. The molecule has 3 aromatic rings. The maximum Gasteiger partial charge on any atom is -0.147 e. The maximum absolute atomic E-state index is 9.57. The Morgan fingerprint density at radius 2 is 1.06 bits per heavy atom.